The molecule has 2 heterocycles. The molecule has 2 amide bonds. The monoisotopic (exact) mass is 422 g/mol. The average Bonchev–Trinajstić information content (AvgIpc) is 3.25. The third-order valence-corrected chi connectivity index (χ3v) is 5.60. The highest BCUT2D eigenvalue weighted by Gasteiger charge is 2.43. The summed E-state index contributed by atoms with van der Waals surface area (Å²) >= 11 is 0.772. The number of hydrogen-bond donors (Lipinski definition) is 1. The molecular weight excluding hydrogens is 402 g/mol. The van der Waals surface area contributed by atoms with Crippen LogP contribution in [-0.4, -0.2) is 42.7 Å². The number of carbonyl (C=O) groups excluding carboxylic acids is 2. The number of carbonyl (C=O) groups is 2. The Morgan fingerprint density at radius 2 is 1.93 bits per heavy atom. The summed E-state index contributed by atoms with van der Waals surface area (Å²) in [6.45, 7) is 3.01. The second-order valence-corrected chi connectivity index (χ2v) is 7.88. The van der Waals surface area contributed by atoms with Crippen molar-refractivity contribution in [3.63, 3.8) is 0 Å². The molecule has 0 aliphatic carbocycles. The van der Waals surface area contributed by atoms with Crippen molar-refractivity contribution >= 4 is 22.9 Å². The number of rotatable bonds is 7. The van der Waals surface area contributed by atoms with E-state index in [2.05, 4.69) is 10.2 Å². The van der Waals surface area contributed by atoms with Crippen LogP contribution in [0.4, 0.5) is 13.6 Å². The first-order valence-corrected chi connectivity index (χ1v) is 9.82. The maximum atomic E-state index is 14.5. The van der Waals surface area contributed by atoms with Crippen LogP contribution in [0, 0.1) is 17.6 Å². The lowest BCUT2D eigenvalue weighted by molar-refractivity contribution is -0.126. The molecule has 7 nitrogen and oxygen atoms in total. The summed E-state index contributed by atoms with van der Waals surface area (Å²) in [5.74, 6) is -2.28. The number of nitrogens with zero attached hydrogens (tertiary/aromatic N) is 4. The van der Waals surface area contributed by atoms with Gasteiger partial charge in [0.25, 0.3) is 11.1 Å². The fourth-order valence-corrected chi connectivity index (χ4v) is 3.88. The molecule has 1 aromatic heterocycles. The lowest BCUT2D eigenvalue weighted by Crippen LogP contribution is -2.46. The molecule has 10 heteroatoms. The van der Waals surface area contributed by atoms with Crippen molar-refractivity contribution in [2.45, 2.75) is 32.4 Å². The summed E-state index contributed by atoms with van der Waals surface area (Å²) in [7, 11) is 0. The van der Waals surface area contributed by atoms with Gasteiger partial charge in [-0.15, -0.1) is 0 Å². The predicted octanol–water partition coefficient (Wildman–Crippen LogP) is 3.07. The Morgan fingerprint density at radius 1 is 1.24 bits per heavy atom. The number of allylic oxidation sites excluding steroid dienone is 1. The maximum absolute atomic E-state index is 14.5. The Bertz CT molecular complexity index is 951. The highest BCUT2D eigenvalue weighted by molar-refractivity contribution is 8.18. The van der Waals surface area contributed by atoms with Gasteiger partial charge in [-0.25, -0.2) is 8.78 Å². The van der Waals surface area contributed by atoms with E-state index in [1.54, 1.807) is 6.08 Å². The van der Waals surface area contributed by atoms with Gasteiger partial charge in [-0.05, 0) is 23.7 Å². The van der Waals surface area contributed by atoms with Crippen LogP contribution in [0.25, 0.3) is 0 Å². The van der Waals surface area contributed by atoms with Gasteiger partial charge in [-0.3, -0.25) is 14.5 Å². The number of hydrogen-bond acceptors (Lipinski definition) is 6. The van der Waals surface area contributed by atoms with E-state index in [0.717, 1.165) is 40.0 Å². The fourth-order valence-electron chi connectivity index (χ4n) is 2.93. The third kappa shape index (κ3) is 4.54. The topological polar surface area (TPSA) is 88.3 Å². The number of halogens is 2. The summed E-state index contributed by atoms with van der Waals surface area (Å²) < 4.78 is 27.8. The Kier molecular flexibility index (Phi) is 6.13. The minimum Gasteiger partial charge on any atom is -0.381 e. The molecule has 1 N–H and O–H groups in total. The standard InChI is InChI=1S/C19H20F2N4O3S/c1-3-12(2)8-16-17(26)24(18(27)29-16)10-19(28,11-25-22-6-7-23-25)14-5-4-13(20)9-15(14)21/h4-9,12,28H,3,10-11H2,1-2H3/b16-8-. The maximum Gasteiger partial charge on any atom is 0.293 e. The van der Waals surface area contributed by atoms with E-state index < -0.39 is 34.9 Å². The van der Waals surface area contributed by atoms with Crippen molar-refractivity contribution in [2.24, 2.45) is 5.92 Å². The van der Waals surface area contributed by atoms with Gasteiger partial charge >= 0.3 is 0 Å². The zero-order valence-electron chi connectivity index (χ0n) is 15.9. The minimum absolute atomic E-state index is 0.0934. The van der Waals surface area contributed by atoms with Gasteiger partial charge in [0.15, 0.2) is 0 Å². The van der Waals surface area contributed by atoms with Crippen molar-refractivity contribution < 1.29 is 23.5 Å². The second-order valence-electron chi connectivity index (χ2n) is 6.89. The van der Waals surface area contributed by atoms with Crippen molar-refractivity contribution in [3.05, 3.63) is 58.8 Å². The fraction of sp³-hybridized carbons (Fsp3) is 0.368. The lowest BCUT2D eigenvalue weighted by atomic mass is 9.92. The van der Waals surface area contributed by atoms with E-state index in [1.165, 1.54) is 12.4 Å². The van der Waals surface area contributed by atoms with Crippen molar-refractivity contribution in [2.75, 3.05) is 6.54 Å². The Morgan fingerprint density at radius 3 is 2.55 bits per heavy atom. The lowest BCUT2D eigenvalue weighted by Gasteiger charge is -2.31. The highest BCUT2D eigenvalue weighted by atomic mass is 32.2. The van der Waals surface area contributed by atoms with E-state index >= 15 is 0 Å². The van der Waals surface area contributed by atoms with E-state index in [9.17, 15) is 23.5 Å². The highest BCUT2D eigenvalue weighted by Crippen LogP contribution is 2.36. The van der Waals surface area contributed by atoms with Gasteiger partial charge in [-0.2, -0.15) is 15.0 Å². The zero-order valence-corrected chi connectivity index (χ0v) is 16.7. The third-order valence-electron chi connectivity index (χ3n) is 4.68. The number of thioether (sulfide) groups is 1. The number of benzene rings is 1. The molecule has 1 aliphatic heterocycles. The SMILES string of the molecule is CCC(C)/C=C1\SC(=O)N(CC(O)(Cn2nccn2)c2ccc(F)cc2F)C1=O. The molecule has 2 atom stereocenters. The zero-order chi connectivity index (χ0) is 21.2. The molecule has 1 fully saturated rings. The molecule has 1 aliphatic rings. The summed E-state index contributed by atoms with van der Waals surface area (Å²) in [6, 6.07) is 2.71. The van der Waals surface area contributed by atoms with Crippen LogP contribution < -0.4 is 0 Å². The Hall–Kier alpha value is -2.59. The van der Waals surface area contributed by atoms with Crippen LogP contribution in [0.5, 0.6) is 0 Å². The van der Waals surface area contributed by atoms with Gasteiger partial charge in [0.05, 0.1) is 30.4 Å². The van der Waals surface area contributed by atoms with Crippen LogP contribution in [-0.2, 0) is 16.9 Å². The van der Waals surface area contributed by atoms with Crippen molar-refractivity contribution in [3.8, 4) is 0 Å². The molecule has 0 spiro atoms. The number of β-amino-alcohol motifs (C(OH)–C–C–N with tert-alkyl or cyclic N) is 1. The number of aliphatic hydroxyl groups is 1. The normalized spacial score (nSPS) is 19.1. The molecule has 0 bridgehead atoms. The molecule has 154 valence electrons. The van der Waals surface area contributed by atoms with Crippen LogP contribution in [0.1, 0.15) is 25.8 Å². The number of amides is 2. The molecule has 1 saturated heterocycles. The first-order valence-electron chi connectivity index (χ1n) is 9.01. The molecule has 2 aromatic rings. The molecule has 3 rings (SSSR count). The largest absolute Gasteiger partial charge is 0.381 e. The quantitative estimate of drug-likeness (QED) is 0.690. The summed E-state index contributed by atoms with van der Waals surface area (Å²) in [5.41, 5.74) is -2.32. The average molecular weight is 422 g/mol. The van der Waals surface area contributed by atoms with Gasteiger partial charge in [0.2, 0.25) is 0 Å². The van der Waals surface area contributed by atoms with Gasteiger partial charge in [0, 0.05) is 11.6 Å². The van der Waals surface area contributed by atoms with Gasteiger partial charge in [-0.1, -0.05) is 32.4 Å². The predicted molar refractivity (Wildman–Crippen MR) is 103 cm³/mol. The van der Waals surface area contributed by atoms with Crippen molar-refractivity contribution in [1.29, 1.82) is 0 Å². The molecule has 0 saturated carbocycles. The first-order chi connectivity index (χ1) is 13.7. The summed E-state index contributed by atoms with van der Waals surface area (Å²) in [5, 5.41) is 18.5. The Labute approximate surface area is 170 Å². The van der Waals surface area contributed by atoms with E-state index in [0.29, 0.717) is 6.07 Å². The van der Waals surface area contributed by atoms with Crippen LogP contribution in [0.2, 0.25) is 0 Å². The summed E-state index contributed by atoms with van der Waals surface area (Å²) in [6.07, 6.45) is 5.24. The number of aromatic nitrogens is 3. The minimum atomic E-state index is -2.06. The first kappa shape index (κ1) is 21.1. The van der Waals surface area contributed by atoms with Crippen LogP contribution >= 0.6 is 11.8 Å². The van der Waals surface area contributed by atoms with E-state index in [-0.39, 0.29) is 22.9 Å². The summed E-state index contributed by atoms with van der Waals surface area (Å²) in [4.78, 5) is 27.4. The Balaban J connectivity index is 1.96. The molecular formula is C19H20F2N4O3S. The smallest absolute Gasteiger partial charge is 0.293 e. The van der Waals surface area contributed by atoms with Gasteiger partial charge < -0.3 is 5.11 Å². The number of imide groups is 1. The van der Waals surface area contributed by atoms with Crippen LogP contribution in [0.3, 0.4) is 0 Å². The van der Waals surface area contributed by atoms with Crippen molar-refractivity contribution in [1.82, 2.24) is 19.9 Å². The second kappa shape index (κ2) is 8.42. The molecule has 29 heavy (non-hydrogen) atoms. The van der Waals surface area contributed by atoms with E-state index in [1.807, 2.05) is 13.8 Å². The van der Waals surface area contributed by atoms with Gasteiger partial charge in [0.1, 0.15) is 17.2 Å². The van der Waals surface area contributed by atoms with E-state index in [4.69, 9.17) is 0 Å². The molecule has 0 radical (unpaired) electrons. The molecule has 1 aromatic carbocycles. The molecule has 2 unspecified atom stereocenters. The van der Waals surface area contributed by atoms with Crippen LogP contribution in [0.15, 0.2) is 41.6 Å².